The average Bonchev–Trinajstić information content (AvgIpc) is 2.85. The van der Waals surface area contributed by atoms with Crippen LogP contribution in [0.1, 0.15) is 243 Å². The van der Waals surface area contributed by atoms with Gasteiger partial charge in [-0.3, -0.25) is 9.59 Å². The summed E-state index contributed by atoms with van der Waals surface area (Å²) >= 11 is 0. The van der Waals surface area contributed by atoms with Crippen LogP contribution < -0.4 is 9.97 Å². The number of hydrogen-bond donors (Lipinski definition) is 0. The molecule has 0 fully saturated rings. The van der Waals surface area contributed by atoms with Gasteiger partial charge in [0.25, 0.3) is 11.6 Å². The van der Waals surface area contributed by atoms with Gasteiger partial charge in [0, 0.05) is 0 Å². The van der Waals surface area contributed by atoms with Crippen molar-refractivity contribution >= 4 is 45.8 Å². The molecule has 7 aromatic rings. The van der Waals surface area contributed by atoms with Gasteiger partial charge in [-0.1, -0.05) is 263 Å². The molecular formula is C76H90N4O2Zn. The number of aromatic nitrogens is 4. The minimum absolute atomic E-state index is 0. The van der Waals surface area contributed by atoms with Gasteiger partial charge in [0.2, 0.25) is 0 Å². The molecule has 0 amide bonds. The van der Waals surface area contributed by atoms with Gasteiger partial charge >= 0.3 is 19.5 Å². The molecule has 2 aliphatic rings. The zero-order valence-corrected chi connectivity index (χ0v) is 57.7. The van der Waals surface area contributed by atoms with Crippen molar-refractivity contribution in [2.75, 3.05) is 0 Å². The summed E-state index contributed by atoms with van der Waals surface area (Å²) in [5.74, 6) is -1.35. The van der Waals surface area contributed by atoms with E-state index in [4.69, 9.17) is 19.9 Å². The van der Waals surface area contributed by atoms with Gasteiger partial charge in [0.15, 0.2) is 0 Å². The van der Waals surface area contributed by atoms with Crippen LogP contribution in [0.2, 0.25) is 0 Å². The Labute approximate surface area is 510 Å². The molecule has 6 nitrogen and oxygen atoms in total. The summed E-state index contributed by atoms with van der Waals surface area (Å²) in [6.07, 6.45) is 4.28. The van der Waals surface area contributed by atoms with Crippen molar-refractivity contribution in [2.24, 2.45) is 0 Å². The summed E-state index contributed by atoms with van der Waals surface area (Å²) in [7, 11) is 0. The topological polar surface area (TPSA) is 88.1 Å². The predicted octanol–water partition coefficient (Wildman–Crippen LogP) is 19.9. The Morgan fingerprint density at radius 2 is 0.470 bits per heavy atom. The Bertz CT molecular complexity index is 3580. The standard InChI is InChI=1S/C76H92N4O2.Zn/c1-69(2,3)47-31-43(32-48(39-47)70(4,5)6)61-55-25-26-56(77-55)62(44-33-49(71(7,8)9)40-50(34-44)72(10,11)12)58-28-30-60(79-58)64(46-37-53(75(19,20)21)42-54(38-46)76(22,23)24)66-68(82)67(81)65(80-66)63(59-29-27-57(61)78-59)45-35-51(73(13,14)15)41-52(36-45)74(16,17)18;/h25-42H,1-24H3,(H2,77,78,79,80,81,82);/q;+2/p-2. The fourth-order valence-corrected chi connectivity index (χ4v) is 10.9. The summed E-state index contributed by atoms with van der Waals surface area (Å²) in [6.45, 7) is 53.7. The summed E-state index contributed by atoms with van der Waals surface area (Å²) in [6, 6.07) is 35.3. The van der Waals surface area contributed by atoms with Gasteiger partial charge in [0.05, 0.1) is 11.4 Å². The Kier molecular flexibility index (Phi) is 15.9. The number of carbonyl (C=O) groups excluding carboxylic acids is 2. The number of rotatable bonds is 4. The van der Waals surface area contributed by atoms with Crippen molar-refractivity contribution in [3.8, 4) is 44.5 Å². The van der Waals surface area contributed by atoms with E-state index >= 15 is 9.59 Å². The smallest absolute Gasteiger partial charge is 0.657 e. The summed E-state index contributed by atoms with van der Waals surface area (Å²) in [4.78, 5) is 53.6. The quantitative estimate of drug-likeness (QED) is 0.129. The third-order valence-corrected chi connectivity index (χ3v) is 16.6. The van der Waals surface area contributed by atoms with Crippen LogP contribution >= 0.6 is 0 Å². The summed E-state index contributed by atoms with van der Waals surface area (Å²) in [5.41, 5.74) is 17.8. The van der Waals surface area contributed by atoms with E-state index in [9.17, 15) is 0 Å². The first-order chi connectivity index (χ1) is 37.5. The molecule has 2 aliphatic heterocycles. The van der Waals surface area contributed by atoms with E-state index in [2.05, 4.69) is 263 Å². The molecule has 0 saturated carbocycles. The maximum Gasteiger partial charge on any atom is 2.00 e. The van der Waals surface area contributed by atoms with E-state index in [-0.39, 0.29) is 74.2 Å². The van der Waals surface area contributed by atoms with Crippen molar-refractivity contribution in [3.05, 3.63) is 164 Å². The third kappa shape index (κ3) is 12.6. The zero-order valence-electron chi connectivity index (χ0n) is 54.7. The van der Waals surface area contributed by atoms with Gasteiger partial charge in [-0.25, -0.2) is 9.97 Å². The van der Waals surface area contributed by atoms with E-state index < -0.39 is 11.6 Å². The second-order valence-corrected chi connectivity index (χ2v) is 31.8. The number of Topliss-reactive ketones (excluding diaryl/α,β-unsaturated/α-hetero) is 2. The Balaban J connectivity index is 0.00000900. The Hall–Kier alpha value is -6.30. The zero-order chi connectivity index (χ0) is 60.6. The fourth-order valence-electron chi connectivity index (χ4n) is 10.9. The van der Waals surface area contributed by atoms with E-state index in [0.29, 0.717) is 33.2 Å². The van der Waals surface area contributed by atoms with Crippen LogP contribution in [-0.2, 0) is 62.8 Å². The first-order valence-corrected chi connectivity index (χ1v) is 29.6. The second kappa shape index (κ2) is 21.0. The van der Waals surface area contributed by atoms with E-state index in [0.717, 1.165) is 67.0 Å². The number of benzene rings is 4. The molecule has 0 atom stereocenters. The molecule has 8 bridgehead atoms. The monoisotopic (exact) mass is 1150 g/mol. The normalized spacial score (nSPS) is 13.9. The first kappa shape index (κ1) is 62.7. The minimum atomic E-state index is -0.676. The van der Waals surface area contributed by atoms with Crippen LogP contribution in [-0.4, -0.2) is 21.5 Å². The molecule has 428 valence electrons. The summed E-state index contributed by atoms with van der Waals surface area (Å²) in [5, 5.41) is 0. The number of fused-ring (bicyclic) bond motifs is 8. The van der Waals surface area contributed by atoms with Crippen molar-refractivity contribution < 1.29 is 29.1 Å². The first-order valence-electron chi connectivity index (χ1n) is 29.6. The van der Waals surface area contributed by atoms with Crippen molar-refractivity contribution in [2.45, 2.75) is 209 Å². The molecule has 0 unspecified atom stereocenters. The molecule has 0 radical (unpaired) electrons. The summed E-state index contributed by atoms with van der Waals surface area (Å²) < 4.78 is 0. The molecule has 5 heterocycles. The molecule has 0 N–H and O–H groups in total. The molecule has 7 heteroatoms. The number of hydrogen-bond acceptors (Lipinski definition) is 4. The number of ketones is 2. The van der Waals surface area contributed by atoms with Crippen molar-refractivity contribution in [1.29, 1.82) is 0 Å². The number of carbonyl (C=O) groups is 2. The fraction of sp³-hybridized carbons (Fsp3) is 0.421. The Morgan fingerprint density at radius 1 is 0.277 bits per heavy atom. The number of nitrogens with zero attached hydrogens (tertiary/aromatic N) is 4. The van der Waals surface area contributed by atoms with E-state index in [1.54, 1.807) is 0 Å². The molecule has 0 saturated heterocycles. The third-order valence-electron chi connectivity index (χ3n) is 16.6. The van der Waals surface area contributed by atoms with Gasteiger partial charge in [0.1, 0.15) is 11.4 Å². The molecule has 0 aliphatic carbocycles. The molecular weight excluding hydrogens is 1070 g/mol. The van der Waals surface area contributed by atoms with E-state index in [1.807, 2.05) is 12.1 Å². The molecule has 4 aromatic carbocycles. The van der Waals surface area contributed by atoms with Gasteiger partial charge in [-0.2, -0.15) is 0 Å². The molecule has 83 heavy (non-hydrogen) atoms. The van der Waals surface area contributed by atoms with E-state index in [1.165, 1.54) is 22.3 Å². The largest absolute Gasteiger partial charge is 2.00 e. The van der Waals surface area contributed by atoms with Crippen LogP contribution in [0.15, 0.2) is 97.1 Å². The van der Waals surface area contributed by atoms with Gasteiger partial charge in [-0.15, -0.1) is 22.1 Å². The minimum Gasteiger partial charge on any atom is -0.657 e. The Morgan fingerprint density at radius 3 is 0.675 bits per heavy atom. The maximum atomic E-state index is 15.6. The molecule has 9 rings (SSSR count). The molecule has 0 spiro atoms. The predicted molar refractivity (Wildman–Crippen MR) is 348 cm³/mol. The molecule has 3 aromatic heterocycles. The van der Waals surface area contributed by atoms with Crippen LogP contribution in [0.4, 0.5) is 0 Å². The van der Waals surface area contributed by atoms with Crippen LogP contribution in [0.25, 0.3) is 78.7 Å². The van der Waals surface area contributed by atoms with Crippen molar-refractivity contribution in [3.63, 3.8) is 0 Å². The second-order valence-electron chi connectivity index (χ2n) is 31.8. The van der Waals surface area contributed by atoms with Crippen LogP contribution in [0, 0.1) is 0 Å². The average molecular weight is 1160 g/mol. The maximum absolute atomic E-state index is 15.6. The van der Waals surface area contributed by atoms with Gasteiger partial charge < -0.3 is 9.97 Å². The van der Waals surface area contributed by atoms with Gasteiger partial charge in [-0.05, 0) is 144 Å². The SMILES string of the molecule is CC(C)(C)c1cc(-c2c3nc(c(-c4cc(C(C)(C)C)cc(C(C)(C)C)c4)c4ccc([n-]4)c(-c4cc(C(C)(C)C)cc(C(C)(C)C)c4)c4nc(c(-c5cc(C(C)(C)C)cc(C(C)(C)C)c5)c5ccc2[n-]5)C(=O)C4=O)C=C3)cc(C(C)(C)C)c1.[Zn+2]. The van der Waals surface area contributed by atoms with Crippen molar-refractivity contribution in [1.82, 2.24) is 19.9 Å². The van der Waals surface area contributed by atoms with Crippen LogP contribution in [0.3, 0.4) is 0 Å². The van der Waals surface area contributed by atoms with Crippen LogP contribution in [0.5, 0.6) is 0 Å².